The summed E-state index contributed by atoms with van der Waals surface area (Å²) in [7, 11) is 0. The summed E-state index contributed by atoms with van der Waals surface area (Å²) >= 11 is 0. The van der Waals surface area contributed by atoms with Crippen LogP contribution in [0.3, 0.4) is 0 Å². The molecule has 0 unspecified atom stereocenters. The first-order valence-corrected chi connectivity index (χ1v) is 10.1. The number of halogens is 2. The Morgan fingerprint density at radius 1 is 1.24 bits per heavy atom. The molecule has 0 saturated heterocycles. The molecule has 12 heteroatoms. The Morgan fingerprint density at radius 2 is 1.94 bits per heavy atom. The number of hydrogen-bond donors (Lipinski definition) is 3. The van der Waals surface area contributed by atoms with E-state index < -0.39 is 23.2 Å². The molecule has 0 aliphatic rings. The quantitative estimate of drug-likeness (QED) is 0.466. The van der Waals surface area contributed by atoms with Crippen LogP contribution in [0.1, 0.15) is 49.5 Å². The highest BCUT2D eigenvalue weighted by Gasteiger charge is 2.46. The summed E-state index contributed by atoms with van der Waals surface area (Å²) in [6, 6.07) is 4.51. The summed E-state index contributed by atoms with van der Waals surface area (Å²) in [6.45, 7) is 5.71. The molecule has 3 aromatic heterocycles. The number of nitrogens with one attached hydrogen (secondary N) is 1. The van der Waals surface area contributed by atoms with Gasteiger partial charge in [0.05, 0.1) is 11.8 Å². The second kappa shape index (κ2) is 8.60. The van der Waals surface area contributed by atoms with Gasteiger partial charge in [-0.05, 0) is 32.9 Å². The van der Waals surface area contributed by atoms with E-state index in [1.165, 1.54) is 30.8 Å². The van der Waals surface area contributed by atoms with E-state index >= 15 is 0 Å². The average molecular weight is 461 g/mol. The molecule has 0 fully saturated rings. The standard InChI is InChI=1S/C21H25F2N7O3/c1-5-30-18(24)16(19(25)32)17(28-30)11-6-7-12(26-10-11)8-15(31)27-14-9-13(33-29-14)20(2,3)21(4,22)23/h6-7,9-10H,5,8,24H2,1-4H3,(H2,25,32)(H,27,29,31). The molecule has 0 spiro atoms. The van der Waals surface area contributed by atoms with Crippen LogP contribution in [0.15, 0.2) is 28.9 Å². The average Bonchev–Trinajstić information content (AvgIpc) is 3.32. The normalized spacial score (nSPS) is 12.1. The highest BCUT2D eigenvalue weighted by Crippen LogP contribution is 2.39. The fourth-order valence-corrected chi connectivity index (χ4v) is 3.03. The van der Waals surface area contributed by atoms with Gasteiger partial charge >= 0.3 is 0 Å². The third-order valence-corrected chi connectivity index (χ3v) is 5.47. The molecule has 0 radical (unpaired) electrons. The number of nitrogens with two attached hydrogens (primary N) is 2. The molecule has 176 valence electrons. The third kappa shape index (κ3) is 4.69. The largest absolute Gasteiger partial charge is 0.383 e. The number of aryl methyl sites for hydroxylation is 1. The van der Waals surface area contributed by atoms with Crippen molar-refractivity contribution in [3.63, 3.8) is 0 Å². The van der Waals surface area contributed by atoms with Crippen molar-refractivity contribution in [1.29, 1.82) is 0 Å². The number of pyridine rings is 1. The predicted molar refractivity (Wildman–Crippen MR) is 117 cm³/mol. The maximum Gasteiger partial charge on any atom is 0.257 e. The minimum absolute atomic E-state index is 0.0237. The van der Waals surface area contributed by atoms with Crippen LogP contribution >= 0.6 is 0 Å². The Kier molecular flexibility index (Phi) is 6.21. The first-order valence-electron chi connectivity index (χ1n) is 10.1. The van der Waals surface area contributed by atoms with Crippen molar-refractivity contribution in [2.75, 3.05) is 11.1 Å². The maximum absolute atomic E-state index is 13.8. The van der Waals surface area contributed by atoms with E-state index in [0.717, 1.165) is 6.92 Å². The first kappa shape index (κ1) is 23.8. The van der Waals surface area contributed by atoms with Crippen molar-refractivity contribution in [2.45, 2.75) is 52.0 Å². The molecule has 0 aliphatic carbocycles. The fraction of sp³-hybridized carbons (Fsp3) is 0.381. The molecule has 0 bridgehead atoms. The number of alkyl halides is 2. The predicted octanol–water partition coefficient (Wildman–Crippen LogP) is 2.75. The van der Waals surface area contributed by atoms with Crippen LogP contribution in [0.5, 0.6) is 0 Å². The van der Waals surface area contributed by atoms with Gasteiger partial charge in [-0.1, -0.05) is 5.16 Å². The molecule has 5 N–H and O–H groups in total. The number of primary amides is 1. The van der Waals surface area contributed by atoms with E-state index in [4.69, 9.17) is 16.0 Å². The molecule has 10 nitrogen and oxygen atoms in total. The van der Waals surface area contributed by atoms with Crippen molar-refractivity contribution < 1.29 is 22.9 Å². The lowest BCUT2D eigenvalue weighted by Crippen LogP contribution is -2.37. The summed E-state index contributed by atoms with van der Waals surface area (Å²) in [5.74, 6) is -4.08. The Balaban J connectivity index is 1.72. The van der Waals surface area contributed by atoms with Gasteiger partial charge in [0.25, 0.3) is 11.8 Å². The van der Waals surface area contributed by atoms with E-state index in [9.17, 15) is 18.4 Å². The van der Waals surface area contributed by atoms with Crippen LogP contribution in [-0.2, 0) is 23.2 Å². The minimum Gasteiger partial charge on any atom is -0.383 e. The highest BCUT2D eigenvalue weighted by atomic mass is 19.3. The Labute approximate surface area is 188 Å². The van der Waals surface area contributed by atoms with Gasteiger partial charge in [-0.2, -0.15) is 5.10 Å². The molecule has 33 heavy (non-hydrogen) atoms. The van der Waals surface area contributed by atoms with Crippen LogP contribution in [0.25, 0.3) is 11.3 Å². The SMILES string of the molecule is CCn1nc(-c2ccc(CC(=O)Nc3cc(C(C)(C)C(C)(F)F)on3)nc2)c(C(N)=O)c1N. The van der Waals surface area contributed by atoms with E-state index in [0.29, 0.717) is 23.5 Å². The second-order valence-electron chi connectivity index (χ2n) is 8.14. The lowest BCUT2D eigenvalue weighted by molar-refractivity contribution is -0.115. The summed E-state index contributed by atoms with van der Waals surface area (Å²) in [6.07, 6.45) is 1.35. The molecular formula is C21H25F2N7O3. The smallest absolute Gasteiger partial charge is 0.257 e. The molecule has 0 saturated carbocycles. The monoisotopic (exact) mass is 461 g/mol. The zero-order chi connectivity index (χ0) is 24.6. The van der Waals surface area contributed by atoms with E-state index in [-0.39, 0.29) is 29.4 Å². The van der Waals surface area contributed by atoms with Crippen molar-refractivity contribution >= 4 is 23.5 Å². The number of amides is 2. The van der Waals surface area contributed by atoms with E-state index in [1.54, 1.807) is 12.1 Å². The number of carbonyl (C=O) groups excluding carboxylic acids is 2. The van der Waals surface area contributed by atoms with Crippen molar-refractivity contribution in [3.05, 3.63) is 41.4 Å². The summed E-state index contributed by atoms with van der Waals surface area (Å²) in [5.41, 5.74) is 11.1. The second-order valence-corrected chi connectivity index (χ2v) is 8.14. The number of carbonyl (C=O) groups is 2. The van der Waals surface area contributed by atoms with Crippen molar-refractivity contribution in [2.24, 2.45) is 5.73 Å². The van der Waals surface area contributed by atoms with Gasteiger partial charge in [0, 0.05) is 37.0 Å². The third-order valence-electron chi connectivity index (χ3n) is 5.47. The molecule has 0 atom stereocenters. The molecule has 0 aromatic carbocycles. The lowest BCUT2D eigenvalue weighted by Gasteiger charge is -2.28. The lowest BCUT2D eigenvalue weighted by atomic mass is 9.84. The molecule has 0 aliphatic heterocycles. The number of nitrogen functional groups attached to an aromatic ring is 1. The topological polar surface area (TPSA) is 155 Å². The summed E-state index contributed by atoms with van der Waals surface area (Å²) < 4.78 is 34.0. The Morgan fingerprint density at radius 3 is 2.48 bits per heavy atom. The van der Waals surface area contributed by atoms with E-state index in [2.05, 4.69) is 20.6 Å². The van der Waals surface area contributed by atoms with Gasteiger partial charge in [-0.25, -0.2) is 13.5 Å². The number of aromatic nitrogens is 4. The molecule has 2 amide bonds. The summed E-state index contributed by atoms with van der Waals surface area (Å²) in [5, 5.41) is 10.5. The maximum atomic E-state index is 13.8. The van der Waals surface area contributed by atoms with Gasteiger partial charge in [0.1, 0.15) is 17.1 Å². The van der Waals surface area contributed by atoms with Crippen LogP contribution in [-0.4, -0.2) is 37.7 Å². The highest BCUT2D eigenvalue weighted by molar-refractivity contribution is 6.03. The number of rotatable bonds is 8. The van der Waals surface area contributed by atoms with Crippen molar-refractivity contribution in [1.82, 2.24) is 19.9 Å². The number of anilines is 2. The van der Waals surface area contributed by atoms with Gasteiger partial charge in [-0.3, -0.25) is 14.6 Å². The zero-order valence-electron chi connectivity index (χ0n) is 18.6. The Bertz CT molecular complexity index is 1180. The van der Waals surface area contributed by atoms with Gasteiger partial charge in [0.15, 0.2) is 11.6 Å². The Hall–Kier alpha value is -3.83. The van der Waals surface area contributed by atoms with E-state index in [1.807, 2.05) is 6.92 Å². The number of hydrogen-bond acceptors (Lipinski definition) is 7. The first-order chi connectivity index (χ1) is 15.3. The minimum atomic E-state index is -3.05. The fourth-order valence-electron chi connectivity index (χ4n) is 3.03. The molecular weight excluding hydrogens is 436 g/mol. The van der Waals surface area contributed by atoms with Crippen LogP contribution < -0.4 is 16.8 Å². The van der Waals surface area contributed by atoms with Crippen LogP contribution in [0, 0.1) is 0 Å². The molecule has 3 rings (SSSR count). The van der Waals surface area contributed by atoms with Crippen molar-refractivity contribution in [3.8, 4) is 11.3 Å². The van der Waals surface area contributed by atoms with Crippen LogP contribution in [0.4, 0.5) is 20.4 Å². The van der Waals surface area contributed by atoms with Crippen LogP contribution in [0.2, 0.25) is 0 Å². The summed E-state index contributed by atoms with van der Waals surface area (Å²) in [4.78, 5) is 28.4. The number of nitrogens with zero attached hydrogens (tertiary/aromatic N) is 4. The molecule has 3 heterocycles. The van der Waals surface area contributed by atoms with Gasteiger partial charge < -0.3 is 21.3 Å². The van der Waals surface area contributed by atoms with Gasteiger partial charge in [-0.15, -0.1) is 0 Å². The zero-order valence-corrected chi connectivity index (χ0v) is 18.6. The van der Waals surface area contributed by atoms with Gasteiger partial charge in [0.2, 0.25) is 5.91 Å². The molecule has 3 aromatic rings.